The Labute approximate surface area is 182 Å². The van der Waals surface area contributed by atoms with Crippen LogP contribution in [0, 0.1) is 13.8 Å². The maximum atomic E-state index is 12.5. The number of methoxy groups -OCH3 is 1. The van der Waals surface area contributed by atoms with Gasteiger partial charge in [0.05, 0.1) is 7.11 Å². The molecule has 1 saturated heterocycles. The summed E-state index contributed by atoms with van der Waals surface area (Å²) >= 11 is 0. The zero-order chi connectivity index (χ0) is 21.8. The summed E-state index contributed by atoms with van der Waals surface area (Å²) in [5, 5.41) is 7.39. The number of hydrogen-bond donors (Lipinski definition) is 1. The third-order valence-corrected chi connectivity index (χ3v) is 5.51. The molecule has 2 amide bonds. The molecule has 162 valence electrons. The van der Waals surface area contributed by atoms with Crippen LogP contribution < -0.4 is 15.0 Å². The number of ether oxygens (including phenoxy) is 1. The number of nitrogens with zero attached hydrogens (tertiary/aromatic N) is 5. The minimum Gasteiger partial charge on any atom is -0.494 e. The predicted octanol–water partition coefficient (Wildman–Crippen LogP) is 2.92. The van der Waals surface area contributed by atoms with Crippen LogP contribution in [0.1, 0.15) is 17.0 Å². The van der Waals surface area contributed by atoms with Crippen LogP contribution in [0.25, 0.3) is 5.69 Å². The van der Waals surface area contributed by atoms with Crippen molar-refractivity contribution >= 4 is 11.7 Å². The summed E-state index contributed by atoms with van der Waals surface area (Å²) in [4.78, 5) is 20.9. The molecular formula is C23H28N6O2. The average Bonchev–Trinajstić information content (AvgIpc) is 3.24. The highest BCUT2D eigenvalue weighted by Crippen LogP contribution is 2.28. The number of urea groups is 1. The zero-order valence-corrected chi connectivity index (χ0v) is 18.2. The number of carbonyl (C=O) groups excluding carboxylic acids is 1. The van der Waals surface area contributed by atoms with Crippen LogP contribution in [0.2, 0.25) is 0 Å². The second-order valence-electron chi connectivity index (χ2n) is 7.71. The standard InChI is InChI=1S/C23H28N6O2/c1-17-4-6-19(7-5-17)15-24-23(30)28-12-10-27(11-13-28)20-8-9-21(22(14-20)31-3)29-16-25-18(2)26-29/h4-9,14,16H,10-13,15H2,1-3H3,(H,24,30). The first-order chi connectivity index (χ1) is 15.0. The van der Waals surface area contributed by atoms with Gasteiger partial charge >= 0.3 is 6.03 Å². The lowest BCUT2D eigenvalue weighted by Gasteiger charge is -2.36. The van der Waals surface area contributed by atoms with Crippen LogP contribution in [-0.4, -0.2) is 59.0 Å². The number of benzene rings is 2. The van der Waals surface area contributed by atoms with Crippen molar-refractivity contribution in [3.8, 4) is 11.4 Å². The maximum absolute atomic E-state index is 12.5. The summed E-state index contributed by atoms with van der Waals surface area (Å²) in [5.41, 5.74) is 4.23. The van der Waals surface area contributed by atoms with E-state index in [1.165, 1.54) is 5.56 Å². The Morgan fingerprint density at radius 3 is 2.45 bits per heavy atom. The molecule has 1 N–H and O–H groups in total. The number of anilines is 1. The highest BCUT2D eigenvalue weighted by atomic mass is 16.5. The van der Waals surface area contributed by atoms with E-state index >= 15 is 0 Å². The van der Waals surface area contributed by atoms with Crippen LogP contribution in [0.4, 0.5) is 10.5 Å². The fraction of sp³-hybridized carbons (Fsp3) is 0.348. The van der Waals surface area contributed by atoms with Gasteiger partial charge in [-0.3, -0.25) is 0 Å². The minimum absolute atomic E-state index is 0.0188. The number of rotatable bonds is 5. The summed E-state index contributed by atoms with van der Waals surface area (Å²) in [6.07, 6.45) is 1.68. The Kier molecular flexibility index (Phi) is 6.06. The van der Waals surface area contributed by atoms with E-state index in [4.69, 9.17) is 4.74 Å². The second kappa shape index (κ2) is 9.07. The first-order valence-electron chi connectivity index (χ1n) is 10.4. The topological polar surface area (TPSA) is 75.5 Å². The van der Waals surface area contributed by atoms with E-state index in [0.29, 0.717) is 25.5 Å². The molecule has 8 nitrogen and oxygen atoms in total. The molecule has 2 heterocycles. The number of carbonyl (C=O) groups is 1. The number of piperazine rings is 1. The molecule has 0 unspecified atom stereocenters. The van der Waals surface area contributed by atoms with E-state index in [2.05, 4.69) is 45.4 Å². The third kappa shape index (κ3) is 4.79. The lowest BCUT2D eigenvalue weighted by molar-refractivity contribution is 0.194. The molecule has 0 bridgehead atoms. The van der Waals surface area contributed by atoms with Crippen LogP contribution in [0.5, 0.6) is 5.75 Å². The van der Waals surface area contributed by atoms with E-state index in [9.17, 15) is 4.79 Å². The van der Waals surface area contributed by atoms with E-state index in [0.717, 1.165) is 35.8 Å². The largest absolute Gasteiger partial charge is 0.494 e. The Morgan fingerprint density at radius 1 is 1.06 bits per heavy atom. The van der Waals surface area contributed by atoms with Crippen molar-refractivity contribution in [1.29, 1.82) is 0 Å². The van der Waals surface area contributed by atoms with Gasteiger partial charge in [-0.1, -0.05) is 29.8 Å². The predicted molar refractivity (Wildman–Crippen MR) is 120 cm³/mol. The van der Waals surface area contributed by atoms with Crippen LogP contribution in [-0.2, 0) is 6.54 Å². The molecule has 1 aliphatic rings. The molecule has 0 spiro atoms. The zero-order valence-electron chi connectivity index (χ0n) is 18.2. The molecule has 1 aromatic heterocycles. The van der Waals surface area contributed by atoms with Gasteiger partial charge in [-0.05, 0) is 31.5 Å². The molecule has 0 saturated carbocycles. The van der Waals surface area contributed by atoms with Crippen molar-refractivity contribution in [1.82, 2.24) is 25.0 Å². The van der Waals surface area contributed by atoms with Gasteiger partial charge in [0, 0.05) is 44.5 Å². The third-order valence-electron chi connectivity index (χ3n) is 5.51. The number of hydrogen-bond acceptors (Lipinski definition) is 5. The second-order valence-corrected chi connectivity index (χ2v) is 7.71. The Hall–Kier alpha value is -3.55. The van der Waals surface area contributed by atoms with Crippen molar-refractivity contribution in [2.24, 2.45) is 0 Å². The van der Waals surface area contributed by atoms with Crippen molar-refractivity contribution in [2.75, 3.05) is 38.2 Å². The van der Waals surface area contributed by atoms with Gasteiger partial charge in [0.1, 0.15) is 23.6 Å². The summed E-state index contributed by atoms with van der Waals surface area (Å²) in [6.45, 7) is 7.33. The summed E-state index contributed by atoms with van der Waals surface area (Å²) in [5.74, 6) is 1.45. The first-order valence-corrected chi connectivity index (χ1v) is 10.4. The average molecular weight is 421 g/mol. The number of amides is 2. The normalized spacial score (nSPS) is 13.9. The lowest BCUT2D eigenvalue weighted by Crippen LogP contribution is -2.51. The molecule has 3 aromatic rings. The summed E-state index contributed by atoms with van der Waals surface area (Å²) < 4.78 is 7.31. The molecule has 1 aliphatic heterocycles. The fourth-order valence-electron chi connectivity index (χ4n) is 3.68. The van der Waals surface area contributed by atoms with Crippen molar-refractivity contribution < 1.29 is 9.53 Å². The van der Waals surface area contributed by atoms with Gasteiger partial charge in [0.2, 0.25) is 0 Å². The molecule has 0 radical (unpaired) electrons. The van der Waals surface area contributed by atoms with Crippen molar-refractivity contribution in [3.63, 3.8) is 0 Å². The highest BCUT2D eigenvalue weighted by molar-refractivity contribution is 5.74. The van der Waals surface area contributed by atoms with E-state index in [1.54, 1.807) is 18.1 Å². The fourth-order valence-corrected chi connectivity index (χ4v) is 3.68. The van der Waals surface area contributed by atoms with E-state index in [1.807, 2.05) is 36.1 Å². The quantitative estimate of drug-likeness (QED) is 0.687. The molecule has 1 fully saturated rings. The Bertz CT molecular complexity index is 1040. The van der Waals surface area contributed by atoms with Gasteiger partial charge < -0.3 is 19.9 Å². The number of aryl methyl sites for hydroxylation is 2. The molecular weight excluding hydrogens is 392 g/mol. The number of aromatic nitrogens is 3. The smallest absolute Gasteiger partial charge is 0.317 e. The summed E-state index contributed by atoms with van der Waals surface area (Å²) in [7, 11) is 1.66. The van der Waals surface area contributed by atoms with Gasteiger partial charge in [-0.25, -0.2) is 14.5 Å². The molecule has 0 atom stereocenters. The van der Waals surface area contributed by atoms with Crippen LogP contribution in [0.15, 0.2) is 48.8 Å². The van der Waals surface area contributed by atoms with Gasteiger partial charge in [0.15, 0.2) is 0 Å². The van der Waals surface area contributed by atoms with Crippen molar-refractivity contribution in [3.05, 3.63) is 65.7 Å². The molecule has 8 heteroatoms. The van der Waals surface area contributed by atoms with Gasteiger partial charge in [0.25, 0.3) is 0 Å². The minimum atomic E-state index is -0.0188. The Morgan fingerprint density at radius 2 is 1.81 bits per heavy atom. The van der Waals surface area contributed by atoms with Crippen LogP contribution in [0.3, 0.4) is 0 Å². The monoisotopic (exact) mass is 420 g/mol. The SMILES string of the molecule is COc1cc(N2CCN(C(=O)NCc3ccc(C)cc3)CC2)ccc1-n1cnc(C)n1. The van der Waals surface area contributed by atoms with Gasteiger partial charge in [-0.2, -0.15) is 5.10 Å². The lowest BCUT2D eigenvalue weighted by atomic mass is 10.1. The molecule has 31 heavy (non-hydrogen) atoms. The number of nitrogens with one attached hydrogen (secondary N) is 1. The molecule has 4 rings (SSSR count). The van der Waals surface area contributed by atoms with Crippen molar-refractivity contribution in [2.45, 2.75) is 20.4 Å². The Balaban J connectivity index is 1.34. The van der Waals surface area contributed by atoms with E-state index < -0.39 is 0 Å². The van der Waals surface area contributed by atoms with Crippen LogP contribution >= 0.6 is 0 Å². The first kappa shape index (κ1) is 20.7. The molecule has 2 aromatic carbocycles. The molecule has 0 aliphatic carbocycles. The van der Waals surface area contributed by atoms with E-state index in [-0.39, 0.29) is 6.03 Å². The summed E-state index contributed by atoms with van der Waals surface area (Å²) in [6, 6.07) is 14.3. The van der Waals surface area contributed by atoms with Gasteiger partial charge in [-0.15, -0.1) is 0 Å². The maximum Gasteiger partial charge on any atom is 0.317 e. The highest BCUT2D eigenvalue weighted by Gasteiger charge is 2.22.